The van der Waals surface area contributed by atoms with Gasteiger partial charge in [0.25, 0.3) is 0 Å². The van der Waals surface area contributed by atoms with E-state index in [1.165, 1.54) is 15.3 Å². The van der Waals surface area contributed by atoms with E-state index in [0.717, 1.165) is 12.8 Å². The van der Waals surface area contributed by atoms with Crippen LogP contribution in [0.1, 0.15) is 23.9 Å². The van der Waals surface area contributed by atoms with E-state index < -0.39 is 0 Å². The maximum atomic E-state index is 12.0. The van der Waals surface area contributed by atoms with E-state index in [4.69, 9.17) is 0 Å². The van der Waals surface area contributed by atoms with Gasteiger partial charge in [0, 0.05) is 15.8 Å². The summed E-state index contributed by atoms with van der Waals surface area (Å²) in [6.07, 6.45) is 2.39. The van der Waals surface area contributed by atoms with Crippen molar-refractivity contribution in [2.75, 3.05) is 6.54 Å². The number of amides is 1. The Hall–Kier alpha value is -1.65. The van der Waals surface area contributed by atoms with Crippen molar-refractivity contribution in [1.29, 1.82) is 0 Å². The molecule has 4 rings (SSSR count). The Balaban J connectivity index is 1.63. The average molecular weight is 284 g/mol. The second-order valence-corrected chi connectivity index (χ2v) is 6.50. The predicted octanol–water partition coefficient (Wildman–Crippen LogP) is 3.01. The lowest BCUT2D eigenvalue weighted by Gasteiger charge is -2.22. The molecule has 0 spiro atoms. The van der Waals surface area contributed by atoms with Gasteiger partial charge in [-0.3, -0.25) is 10.1 Å². The third-order valence-corrected chi connectivity index (χ3v) is 5.09. The van der Waals surface area contributed by atoms with Crippen LogP contribution in [0.4, 0.5) is 0 Å². The standard InChI is InChI=1S/C16H16N2OS/c19-15-10-17-16(18(15)12-6-7-12)14-9-8-13(20-14)11-4-2-1-3-5-11/h1-5,8-9,12,16-17H,6-7,10H2. The number of nitrogens with zero attached hydrogens (tertiary/aromatic N) is 1. The lowest BCUT2D eigenvalue weighted by molar-refractivity contribution is -0.128. The Morgan fingerprint density at radius 2 is 1.90 bits per heavy atom. The molecular formula is C16H16N2OS. The molecule has 2 aliphatic rings. The van der Waals surface area contributed by atoms with E-state index in [0.29, 0.717) is 12.6 Å². The van der Waals surface area contributed by atoms with Crippen molar-refractivity contribution in [3.8, 4) is 10.4 Å². The summed E-state index contributed by atoms with van der Waals surface area (Å²) in [6, 6.07) is 15.2. The van der Waals surface area contributed by atoms with E-state index >= 15 is 0 Å². The lowest BCUT2D eigenvalue weighted by atomic mass is 10.2. The Morgan fingerprint density at radius 3 is 2.65 bits per heavy atom. The van der Waals surface area contributed by atoms with E-state index in [1.54, 1.807) is 11.3 Å². The Kier molecular flexibility index (Phi) is 2.86. The number of carbonyl (C=O) groups excluding carboxylic acids is 1. The molecule has 1 aliphatic heterocycles. The second-order valence-electron chi connectivity index (χ2n) is 5.38. The number of nitrogens with one attached hydrogen (secondary N) is 1. The van der Waals surface area contributed by atoms with Gasteiger partial charge in [-0.1, -0.05) is 30.3 Å². The molecular weight excluding hydrogens is 268 g/mol. The second kappa shape index (κ2) is 4.72. The molecule has 1 saturated heterocycles. The molecule has 1 saturated carbocycles. The smallest absolute Gasteiger partial charge is 0.238 e. The molecule has 102 valence electrons. The molecule has 1 N–H and O–H groups in total. The van der Waals surface area contributed by atoms with Gasteiger partial charge in [-0.2, -0.15) is 0 Å². The molecule has 2 aromatic rings. The highest BCUT2D eigenvalue weighted by atomic mass is 32.1. The number of hydrogen-bond donors (Lipinski definition) is 1. The third-order valence-electron chi connectivity index (χ3n) is 3.91. The fourth-order valence-electron chi connectivity index (χ4n) is 2.78. The van der Waals surface area contributed by atoms with Crippen LogP contribution in [0.15, 0.2) is 42.5 Å². The molecule has 1 unspecified atom stereocenters. The minimum Gasteiger partial charge on any atom is -0.318 e. The fourth-order valence-corrected chi connectivity index (χ4v) is 3.87. The largest absolute Gasteiger partial charge is 0.318 e. The molecule has 1 atom stereocenters. The summed E-state index contributed by atoms with van der Waals surface area (Å²) >= 11 is 1.78. The highest BCUT2D eigenvalue weighted by Crippen LogP contribution is 2.39. The van der Waals surface area contributed by atoms with Crippen molar-refractivity contribution < 1.29 is 4.79 Å². The van der Waals surface area contributed by atoms with Crippen LogP contribution in [-0.2, 0) is 4.79 Å². The molecule has 3 nitrogen and oxygen atoms in total. The minimum atomic E-state index is 0.0810. The van der Waals surface area contributed by atoms with Gasteiger partial charge in [-0.25, -0.2) is 0 Å². The van der Waals surface area contributed by atoms with Crippen LogP contribution in [-0.4, -0.2) is 23.4 Å². The molecule has 2 fully saturated rings. The first-order chi connectivity index (χ1) is 9.83. The summed E-state index contributed by atoms with van der Waals surface area (Å²) in [7, 11) is 0. The number of carbonyl (C=O) groups is 1. The van der Waals surface area contributed by atoms with Crippen LogP contribution >= 0.6 is 11.3 Å². The summed E-state index contributed by atoms with van der Waals surface area (Å²) in [5.74, 6) is 0.243. The van der Waals surface area contributed by atoms with Crippen LogP contribution in [0, 0.1) is 0 Å². The van der Waals surface area contributed by atoms with Crippen molar-refractivity contribution in [2.45, 2.75) is 25.0 Å². The van der Waals surface area contributed by atoms with E-state index in [-0.39, 0.29) is 12.1 Å². The zero-order valence-electron chi connectivity index (χ0n) is 11.1. The summed E-state index contributed by atoms with van der Waals surface area (Å²) in [5.41, 5.74) is 1.24. The highest BCUT2D eigenvalue weighted by Gasteiger charge is 2.42. The fraction of sp³-hybridized carbons (Fsp3) is 0.312. The quantitative estimate of drug-likeness (QED) is 0.939. The highest BCUT2D eigenvalue weighted by molar-refractivity contribution is 7.15. The van der Waals surface area contributed by atoms with Crippen LogP contribution < -0.4 is 5.32 Å². The van der Waals surface area contributed by atoms with E-state index in [9.17, 15) is 4.79 Å². The Morgan fingerprint density at radius 1 is 1.10 bits per heavy atom. The maximum absolute atomic E-state index is 12.0. The molecule has 1 aromatic carbocycles. The minimum absolute atomic E-state index is 0.0810. The monoisotopic (exact) mass is 284 g/mol. The third kappa shape index (κ3) is 2.05. The SMILES string of the molecule is O=C1CNC(c2ccc(-c3ccccc3)s2)N1C1CC1. The molecule has 0 bridgehead atoms. The average Bonchev–Trinajstić information content (AvgIpc) is 3.06. The first-order valence-corrected chi connectivity index (χ1v) is 7.84. The van der Waals surface area contributed by atoms with Crippen LogP contribution in [0.5, 0.6) is 0 Å². The predicted molar refractivity (Wildman–Crippen MR) is 80.4 cm³/mol. The van der Waals surface area contributed by atoms with Gasteiger partial charge in [0.15, 0.2) is 0 Å². The first-order valence-electron chi connectivity index (χ1n) is 7.02. The molecule has 0 radical (unpaired) electrons. The maximum Gasteiger partial charge on any atom is 0.238 e. The van der Waals surface area contributed by atoms with Gasteiger partial charge in [-0.15, -0.1) is 11.3 Å². The molecule has 1 aliphatic carbocycles. The van der Waals surface area contributed by atoms with Crippen molar-refractivity contribution in [3.05, 3.63) is 47.3 Å². The van der Waals surface area contributed by atoms with Crippen molar-refractivity contribution >= 4 is 17.2 Å². The Bertz CT molecular complexity index is 633. The van der Waals surface area contributed by atoms with Crippen molar-refractivity contribution in [2.24, 2.45) is 0 Å². The number of hydrogen-bond acceptors (Lipinski definition) is 3. The topological polar surface area (TPSA) is 32.3 Å². The van der Waals surface area contributed by atoms with Crippen molar-refractivity contribution in [3.63, 3.8) is 0 Å². The number of benzene rings is 1. The van der Waals surface area contributed by atoms with Crippen molar-refractivity contribution in [1.82, 2.24) is 10.2 Å². The lowest BCUT2D eigenvalue weighted by Crippen LogP contribution is -2.31. The number of thiophene rings is 1. The van der Waals surface area contributed by atoms with E-state index in [2.05, 4.69) is 41.7 Å². The first kappa shape index (κ1) is 12.1. The summed E-state index contributed by atoms with van der Waals surface area (Å²) in [6.45, 7) is 0.472. The van der Waals surface area contributed by atoms with Crippen LogP contribution in [0.3, 0.4) is 0 Å². The zero-order valence-corrected chi connectivity index (χ0v) is 11.9. The van der Waals surface area contributed by atoms with Gasteiger partial charge in [0.05, 0.1) is 6.54 Å². The van der Waals surface area contributed by atoms with E-state index in [1.807, 2.05) is 11.0 Å². The molecule has 20 heavy (non-hydrogen) atoms. The van der Waals surface area contributed by atoms with Gasteiger partial charge in [-0.05, 0) is 30.5 Å². The summed E-state index contributed by atoms with van der Waals surface area (Å²) < 4.78 is 0. The Labute approximate surface area is 122 Å². The van der Waals surface area contributed by atoms with Gasteiger partial charge in [0.2, 0.25) is 5.91 Å². The molecule has 4 heteroatoms. The molecule has 1 amide bonds. The van der Waals surface area contributed by atoms with Gasteiger partial charge in [0.1, 0.15) is 6.17 Å². The van der Waals surface area contributed by atoms with Crippen LogP contribution in [0.25, 0.3) is 10.4 Å². The summed E-state index contributed by atoms with van der Waals surface area (Å²) in [5, 5.41) is 3.35. The molecule has 2 heterocycles. The molecule has 1 aromatic heterocycles. The summed E-state index contributed by atoms with van der Waals surface area (Å²) in [4.78, 5) is 16.5. The normalized spacial score (nSPS) is 22.5. The zero-order chi connectivity index (χ0) is 13.5. The number of rotatable bonds is 3. The van der Waals surface area contributed by atoms with Gasteiger partial charge >= 0.3 is 0 Å². The van der Waals surface area contributed by atoms with Crippen LogP contribution in [0.2, 0.25) is 0 Å². The van der Waals surface area contributed by atoms with Gasteiger partial charge < -0.3 is 4.90 Å².